The molecule has 10 aromatic rings. The first-order valence-corrected chi connectivity index (χ1v) is 19.5. The Morgan fingerprint density at radius 3 is 2.23 bits per heavy atom. The van der Waals surface area contributed by atoms with E-state index >= 15 is 0 Å². The van der Waals surface area contributed by atoms with Gasteiger partial charge < -0.3 is 8.98 Å². The van der Waals surface area contributed by atoms with Crippen LogP contribution in [0.3, 0.4) is 0 Å². The van der Waals surface area contributed by atoms with E-state index in [1.54, 1.807) is 0 Å². The number of allylic oxidation sites excluding steroid dienone is 8. The Morgan fingerprint density at radius 2 is 1.33 bits per heavy atom. The van der Waals surface area contributed by atoms with Gasteiger partial charge in [-0.1, -0.05) is 128 Å². The summed E-state index contributed by atoms with van der Waals surface area (Å²) in [6.45, 7) is 2.27. The van der Waals surface area contributed by atoms with Gasteiger partial charge in [0.1, 0.15) is 11.2 Å². The lowest BCUT2D eigenvalue weighted by atomic mass is 9.78. The average Bonchev–Trinajstić information content (AvgIpc) is 3.80. The molecule has 5 heteroatoms. The normalized spacial score (nSPS) is 16.6. The molecule has 0 saturated carbocycles. The molecule has 2 aliphatic carbocycles. The fraction of sp³-hybridized carbons (Fsp3) is 0.0577. The maximum absolute atomic E-state index is 6.71. The molecule has 2 atom stereocenters. The number of rotatable bonds is 4. The first-order chi connectivity index (χ1) is 28.1. The van der Waals surface area contributed by atoms with E-state index in [4.69, 9.17) is 19.4 Å². The molecule has 0 bridgehead atoms. The van der Waals surface area contributed by atoms with E-state index in [0.717, 1.165) is 60.7 Å². The van der Waals surface area contributed by atoms with Gasteiger partial charge in [0.15, 0.2) is 17.5 Å². The maximum Gasteiger partial charge on any atom is 0.164 e. The fourth-order valence-corrected chi connectivity index (χ4v) is 9.11. The second kappa shape index (κ2) is 12.3. The van der Waals surface area contributed by atoms with Crippen molar-refractivity contribution >= 4 is 70.9 Å². The minimum absolute atomic E-state index is 0.300. The van der Waals surface area contributed by atoms with Crippen LogP contribution in [0.4, 0.5) is 0 Å². The zero-order valence-electron chi connectivity index (χ0n) is 31.1. The van der Waals surface area contributed by atoms with Crippen molar-refractivity contribution in [2.75, 3.05) is 0 Å². The summed E-state index contributed by atoms with van der Waals surface area (Å²) in [5, 5.41) is 9.22. The van der Waals surface area contributed by atoms with E-state index in [-0.39, 0.29) is 0 Å². The smallest absolute Gasteiger partial charge is 0.164 e. The first-order valence-electron chi connectivity index (χ1n) is 19.5. The van der Waals surface area contributed by atoms with Crippen LogP contribution >= 0.6 is 0 Å². The average molecular weight is 731 g/mol. The summed E-state index contributed by atoms with van der Waals surface area (Å²) in [5.41, 5.74) is 9.09. The molecule has 2 aliphatic rings. The van der Waals surface area contributed by atoms with Crippen molar-refractivity contribution in [1.29, 1.82) is 0 Å². The Balaban J connectivity index is 1.05. The van der Waals surface area contributed by atoms with E-state index in [1.807, 2.05) is 12.1 Å². The molecular formula is C52H34N4O. The van der Waals surface area contributed by atoms with Gasteiger partial charge in [0.25, 0.3) is 0 Å². The molecular weight excluding hydrogens is 697 g/mol. The molecule has 12 rings (SSSR count). The van der Waals surface area contributed by atoms with E-state index < -0.39 is 0 Å². The molecule has 0 amide bonds. The number of aromatic nitrogens is 4. The summed E-state index contributed by atoms with van der Waals surface area (Å²) in [4.78, 5) is 15.6. The van der Waals surface area contributed by atoms with E-state index in [2.05, 4.69) is 175 Å². The number of hydrogen-bond acceptors (Lipinski definition) is 4. The third kappa shape index (κ3) is 5.05. The molecule has 7 aromatic carbocycles. The monoisotopic (exact) mass is 730 g/mol. The first kappa shape index (κ1) is 31.9. The highest BCUT2D eigenvalue weighted by molar-refractivity contribution is 6.15. The summed E-state index contributed by atoms with van der Waals surface area (Å²) < 4.78 is 9.07. The third-order valence-electron chi connectivity index (χ3n) is 11.9. The Bertz CT molecular complexity index is 3450. The zero-order chi connectivity index (χ0) is 37.6. The standard InChI is InChI=1S/C52H34N4O/c1-31-25-38(27-36-15-6-7-16-40(31)36)51-53-50(37-22-21-32-11-2-3-12-33(32)26-37)54-52(55-51)43-18-10-20-47-49(43)42-24-23-39(30-48(42)57-47)56-45-19-9-8-17-41(45)44-28-34-13-4-5-14-35(34)29-46(44)56/h2-31,40H,1H3. The number of fused-ring (bicyclic) bond motifs is 9. The second-order valence-electron chi connectivity index (χ2n) is 15.3. The summed E-state index contributed by atoms with van der Waals surface area (Å²) in [6.07, 6.45) is 13.3. The van der Waals surface area contributed by atoms with Crippen LogP contribution in [0.2, 0.25) is 0 Å². The van der Waals surface area contributed by atoms with Gasteiger partial charge in [-0.3, -0.25) is 0 Å². The van der Waals surface area contributed by atoms with Crippen molar-refractivity contribution in [1.82, 2.24) is 19.5 Å². The van der Waals surface area contributed by atoms with Crippen LogP contribution in [0.1, 0.15) is 12.7 Å². The predicted molar refractivity (Wildman–Crippen MR) is 234 cm³/mol. The summed E-state index contributed by atoms with van der Waals surface area (Å²) in [7, 11) is 0. The molecule has 3 heterocycles. The molecule has 5 nitrogen and oxygen atoms in total. The number of nitrogens with zero attached hydrogens (tertiary/aromatic N) is 4. The van der Waals surface area contributed by atoms with Gasteiger partial charge in [-0.2, -0.15) is 0 Å². The summed E-state index contributed by atoms with van der Waals surface area (Å²) in [5.74, 6) is 2.56. The van der Waals surface area contributed by atoms with Crippen LogP contribution in [-0.2, 0) is 0 Å². The lowest BCUT2D eigenvalue weighted by Gasteiger charge is -2.26. The Labute approximate surface area is 328 Å². The minimum Gasteiger partial charge on any atom is -0.456 e. The molecule has 2 unspecified atom stereocenters. The van der Waals surface area contributed by atoms with Gasteiger partial charge in [0, 0.05) is 55.9 Å². The number of benzene rings is 7. The fourth-order valence-electron chi connectivity index (χ4n) is 9.11. The van der Waals surface area contributed by atoms with Crippen LogP contribution in [0.5, 0.6) is 0 Å². The van der Waals surface area contributed by atoms with Crippen molar-refractivity contribution in [3.8, 4) is 28.5 Å². The van der Waals surface area contributed by atoms with Crippen LogP contribution in [-0.4, -0.2) is 19.5 Å². The zero-order valence-corrected chi connectivity index (χ0v) is 31.1. The van der Waals surface area contributed by atoms with Crippen LogP contribution < -0.4 is 0 Å². The highest BCUT2D eigenvalue weighted by Gasteiger charge is 2.25. The van der Waals surface area contributed by atoms with Crippen LogP contribution in [0, 0.1) is 11.8 Å². The van der Waals surface area contributed by atoms with Gasteiger partial charge in [0.2, 0.25) is 0 Å². The molecule has 0 saturated heterocycles. The van der Waals surface area contributed by atoms with Crippen LogP contribution in [0.15, 0.2) is 186 Å². The lowest BCUT2D eigenvalue weighted by molar-refractivity contribution is 0.584. The Morgan fingerprint density at radius 1 is 0.561 bits per heavy atom. The molecule has 0 fully saturated rings. The number of furan rings is 1. The largest absolute Gasteiger partial charge is 0.456 e. The molecule has 0 N–H and O–H groups in total. The van der Waals surface area contributed by atoms with E-state index in [9.17, 15) is 0 Å². The number of para-hydroxylation sites is 1. The molecule has 3 aromatic heterocycles. The second-order valence-corrected chi connectivity index (χ2v) is 15.3. The minimum atomic E-state index is 0.300. The maximum atomic E-state index is 6.71. The van der Waals surface area contributed by atoms with Crippen molar-refractivity contribution in [3.63, 3.8) is 0 Å². The highest BCUT2D eigenvalue weighted by Crippen LogP contribution is 2.41. The van der Waals surface area contributed by atoms with Gasteiger partial charge in [-0.05, 0) is 81.6 Å². The Kier molecular flexibility index (Phi) is 6.90. The Hall–Kier alpha value is -7.37. The molecule has 0 radical (unpaired) electrons. The van der Waals surface area contributed by atoms with Crippen molar-refractivity contribution < 1.29 is 4.42 Å². The lowest BCUT2D eigenvalue weighted by Crippen LogP contribution is -2.15. The number of hydrogen-bond donors (Lipinski definition) is 0. The SMILES string of the molecule is CC1C=C(c2nc(-c3ccc4ccccc4c3)nc(-c3cccc4oc5cc(-n6c7ccccc7c7cc8ccccc8cc76)ccc5c34)n2)C=C2C=CC=CC21. The molecule has 268 valence electrons. The molecule has 0 aliphatic heterocycles. The van der Waals surface area contributed by atoms with Gasteiger partial charge >= 0.3 is 0 Å². The van der Waals surface area contributed by atoms with Gasteiger partial charge in [0.05, 0.1) is 11.0 Å². The van der Waals surface area contributed by atoms with Gasteiger partial charge in [-0.25, -0.2) is 15.0 Å². The topological polar surface area (TPSA) is 56.7 Å². The van der Waals surface area contributed by atoms with Crippen molar-refractivity contribution in [2.24, 2.45) is 11.8 Å². The van der Waals surface area contributed by atoms with Crippen LogP contribution in [0.25, 0.3) is 99.3 Å². The van der Waals surface area contributed by atoms with E-state index in [0.29, 0.717) is 29.3 Å². The quantitative estimate of drug-likeness (QED) is 0.181. The van der Waals surface area contributed by atoms with Crippen molar-refractivity contribution in [3.05, 3.63) is 187 Å². The summed E-state index contributed by atoms with van der Waals surface area (Å²) in [6, 6.07) is 49.4. The summed E-state index contributed by atoms with van der Waals surface area (Å²) >= 11 is 0. The molecule has 0 spiro atoms. The van der Waals surface area contributed by atoms with Gasteiger partial charge in [-0.15, -0.1) is 0 Å². The predicted octanol–water partition coefficient (Wildman–Crippen LogP) is 13.2. The van der Waals surface area contributed by atoms with E-state index in [1.165, 1.54) is 32.5 Å². The van der Waals surface area contributed by atoms with Crippen molar-refractivity contribution in [2.45, 2.75) is 6.92 Å². The molecule has 57 heavy (non-hydrogen) atoms. The third-order valence-corrected chi connectivity index (χ3v) is 11.9. The highest BCUT2D eigenvalue weighted by atomic mass is 16.3.